The van der Waals surface area contributed by atoms with E-state index in [2.05, 4.69) is 25.7 Å². The minimum Gasteiger partial charge on any atom is -0.351 e. The number of nitrogens with zero attached hydrogens (tertiary/aromatic N) is 5. The fourth-order valence-electron chi connectivity index (χ4n) is 5.26. The highest BCUT2D eigenvalue weighted by Gasteiger charge is 2.45. The van der Waals surface area contributed by atoms with Gasteiger partial charge in [-0.15, -0.1) is 0 Å². The fourth-order valence-corrected chi connectivity index (χ4v) is 6.94. The van der Waals surface area contributed by atoms with Crippen molar-refractivity contribution in [2.45, 2.75) is 64.1 Å². The lowest BCUT2D eigenvalue weighted by molar-refractivity contribution is 0.179. The van der Waals surface area contributed by atoms with Crippen molar-refractivity contribution in [1.29, 1.82) is 0 Å². The van der Waals surface area contributed by atoms with Crippen molar-refractivity contribution in [3.63, 3.8) is 0 Å². The number of aromatic nitrogens is 3. The number of anilines is 1. The van der Waals surface area contributed by atoms with E-state index in [9.17, 15) is 13.2 Å². The number of piperazine rings is 1. The average Bonchev–Trinajstić information content (AvgIpc) is 3.03. The van der Waals surface area contributed by atoms with Crippen LogP contribution in [-0.2, 0) is 23.6 Å². The van der Waals surface area contributed by atoms with E-state index in [-0.39, 0.29) is 23.2 Å². The lowest BCUT2D eigenvalue weighted by Crippen LogP contribution is -2.64. The van der Waals surface area contributed by atoms with E-state index in [1.165, 1.54) is 0 Å². The van der Waals surface area contributed by atoms with Crippen molar-refractivity contribution in [3.8, 4) is 0 Å². The van der Waals surface area contributed by atoms with Crippen LogP contribution in [0.4, 0.5) is 5.82 Å². The van der Waals surface area contributed by atoms with Crippen LogP contribution < -0.4 is 10.6 Å². The molecule has 2 aromatic heterocycles. The Hall–Kier alpha value is -2.65. The molecule has 3 saturated heterocycles. The smallest absolute Gasteiger partial charge is 0.330 e. The van der Waals surface area contributed by atoms with Crippen molar-refractivity contribution < 1.29 is 8.42 Å². The number of pyridine rings is 1. The molecule has 6 rings (SSSR count). The predicted molar refractivity (Wildman–Crippen MR) is 134 cm³/mol. The molecule has 8 nitrogen and oxygen atoms in total. The van der Waals surface area contributed by atoms with Gasteiger partial charge in [-0.05, 0) is 49.4 Å². The molecule has 3 fully saturated rings. The Bertz CT molecular complexity index is 1400. The second-order valence-corrected chi connectivity index (χ2v) is 12.8. The van der Waals surface area contributed by atoms with E-state index >= 15 is 0 Å². The summed E-state index contributed by atoms with van der Waals surface area (Å²) in [5.74, 6) is 0.804. The van der Waals surface area contributed by atoms with Crippen molar-refractivity contribution in [3.05, 3.63) is 52.4 Å². The van der Waals surface area contributed by atoms with Crippen LogP contribution in [0.5, 0.6) is 0 Å². The predicted octanol–water partition coefficient (Wildman–Crippen LogP) is 3.13. The molecule has 2 bridgehead atoms. The minimum atomic E-state index is -3.54. The quantitative estimate of drug-likeness (QED) is 0.570. The monoisotopic (exact) mass is 483 g/mol. The van der Waals surface area contributed by atoms with Crippen LogP contribution in [0.25, 0.3) is 11.2 Å². The zero-order valence-corrected chi connectivity index (χ0v) is 21.3. The molecule has 0 N–H and O–H groups in total. The fraction of sp³-hybridized carbons (Fsp3) is 0.520. The second-order valence-electron chi connectivity index (χ2n) is 10.9. The van der Waals surface area contributed by atoms with Gasteiger partial charge in [0.2, 0.25) is 10.0 Å². The Kier molecular flexibility index (Phi) is 5.40. The molecule has 3 aromatic rings. The highest BCUT2D eigenvalue weighted by atomic mass is 32.2. The summed E-state index contributed by atoms with van der Waals surface area (Å²) in [5.41, 5.74) is 2.44. The van der Waals surface area contributed by atoms with E-state index in [0.717, 1.165) is 29.7 Å². The lowest BCUT2D eigenvalue weighted by Gasteiger charge is -2.51. The number of piperidine rings is 2. The van der Waals surface area contributed by atoms with Gasteiger partial charge in [-0.25, -0.2) is 18.2 Å². The van der Waals surface area contributed by atoms with Gasteiger partial charge in [0.15, 0.2) is 5.65 Å². The van der Waals surface area contributed by atoms with E-state index in [1.807, 2.05) is 31.2 Å². The summed E-state index contributed by atoms with van der Waals surface area (Å²) in [6, 6.07) is 11.0. The van der Waals surface area contributed by atoms with Gasteiger partial charge in [-0.1, -0.05) is 38.5 Å². The maximum absolute atomic E-state index is 13.4. The van der Waals surface area contributed by atoms with Gasteiger partial charge >= 0.3 is 5.69 Å². The Morgan fingerprint density at radius 2 is 1.68 bits per heavy atom. The van der Waals surface area contributed by atoms with E-state index in [4.69, 9.17) is 4.98 Å². The van der Waals surface area contributed by atoms with E-state index < -0.39 is 10.0 Å². The van der Waals surface area contributed by atoms with Crippen molar-refractivity contribution in [1.82, 2.24) is 18.4 Å². The van der Waals surface area contributed by atoms with Gasteiger partial charge in [0.25, 0.3) is 0 Å². The molecule has 5 heterocycles. The zero-order valence-electron chi connectivity index (χ0n) is 20.5. The molecule has 0 amide bonds. The molecule has 3 aliphatic heterocycles. The third-order valence-corrected chi connectivity index (χ3v) is 8.93. The normalized spacial score (nSPS) is 21.5. The van der Waals surface area contributed by atoms with Crippen LogP contribution in [0.2, 0.25) is 0 Å². The van der Waals surface area contributed by atoms with Gasteiger partial charge in [-0.3, -0.25) is 9.13 Å². The molecule has 0 spiro atoms. The number of hydrogen-bond donors (Lipinski definition) is 0. The van der Waals surface area contributed by atoms with Gasteiger partial charge in [-0.2, -0.15) is 4.31 Å². The van der Waals surface area contributed by atoms with Gasteiger partial charge in [0.05, 0.1) is 10.4 Å². The number of aryl methyl sites for hydroxylation is 2. The molecular formula is C25H33N5O3S. The van der Waals surface area contributed by atoms with Crippen molar-refractivity contribution >= 4 is 27.0 Å². The Labute approximate surface area is 200 Å². The zero-order chi connectivity index (χ0) is 24.4. The number of benzene rings is 1. The molecule has 0 radical (unpaired) electrons. The highest BCUT2D eigenvalue weighted by molar-refractivity contribution is 7.89. The first-order valence-electron chi connectivity index (χ1n) is 11.9. The molecule has 0 aliphatic carbocycles. The minimum absolute atomic E-state index is 0.0325. The average molecular weight is 484 g/mol. The second kappa shape index (κ2) is 7.95. The van der Waals surface area contributed by atoms with Crippen LogP contribution in [0.3, 0.4) is 0 Å². The van der Waals surface area contributed by atoms with E-state index in [1.54, 1.807) is 32.6 Å². The summed E-state index contributed by atoms with van der Waals surface area (Å²) in [6.07, 6.45) is 1.77. The Morgan fingerprint density at radius 3 is 2.29 bits per heavy atom. The van der Waals surface area contributed by atoms with Gasteiger partial charge in [0.1, 0.15) is 5.82 Å². The molecule has 1 aromatic carbocycles. The summed E-state index contributed by atoms with van der Waals surface area (Å²) >= 11 is 0. The number of sulfonamides is 1. The van der Waals surface area contributed by atoms with Crippen LogP contribution in [-0.4, -0.2) is 52.0 Å². The van der Waals surface area contributed by atoms with Crippen molar-refractivity contribution in [2.75, 3.05) is 18.0 Å². The molecular weight excluding hydrogens is 450 g/mol. The molecule has 9 heteroatoms. The first-order valence-corrected chi connectivity index (χ1v) is 13.3. The van der Waals surface area contributed by atoms with Crippen LogP contribution in [0.15, 0.2) is 46.1 Å². The first-order chi connectivity index (χ1) is 16.0. The van der Waals surface area contributed by atoms with Gasteiger partial charge < -0.3 is 4.90 Å². The molecule has 182 valence electrons. The SMILES string of the molecule is Cc1ccc(S(=O)(=O)N2CC3CCC2CN3c2ccc3c(n2)n(C)c(=O)n3CC(C)(C)C)cc1. The summed E-state index contributed by atoms with van der Waals surface area (Å²) < 4.78 is 31.8. The molecule has 2 unspecified atom stereocenters. The number of imidazole rings is 1. The summed E-state index contributed by atoms with van der Waals surface area (Å²) in [5, 5.41) is 0. The topological polar surface area (TPSA) is 80.4 Å². The van der Waals surface area contributed by atoms with E-state index in [0.29, 0.717) is 30.2 Å². The lowest BCUT2D eigenvalue weighted by atomic mass is 9.93. The molecule has 34 heavy (non-hydrogen) atoms. The number of rotatable bonds is 4. The largest absolute Gasteiger partial charge is 0.351 e. The van der Waals surface area contributed by atoms with Gasteiger partial charge in [0, 0.05) is 38.8 Å². The maximum atomic E-state index is 13.4. The van der Waals surface area contributed by atoms with Crippen LogP contribution >= 0.6 is 0 Å². The van der Waals surface area contributed by atoms with Crippen LogP contribution in [0, 0.1) is 12.3 Å². The number of fused-ring (bicyclic) bond motifs is 4. The number of hydrogen-bond acceptors (Lipinski definition) is 5. The Balaban J connectivity index is 1.44. The molecule has 3 aliphatic rings. The molecule has 0 saturated carbocycles. The Morgan fingerprint density at radius 1 is 1.00 bits per heavy atom. The third-order valence-electron chi connectivity index (χ3n) is 7.00. The maximum Gasteiger partial charge on any atom is 0.330 e. The third kappa shape index (κ3) is 3.84. The summed E-state index contributed by atoms with van der Waals surface area (Å²) in [6.45, 7) is 9.96. The standard InChI is InChI=1S/C25H33N5O3S/c1-17-6-10-20(11-7-17)34(32,33)30-15-18-8-9-19(30)14-28(18)22-13-12-21-23(26-22)27(5)24(31)29(21)16-25(2,3)4/h6-7,10-13,18-19H,8-9,14-16H2,1-5H3. The highest BCUT2D eigenvalue weighted by Crippen LogP contribution is 2.36. The molecule has 2 atom stereocenters. The summed E-state index contributed by atoms with van der Waals surface area (Å²) in [7, 11) is -1.78. The van der Waals surface area contributed by atoms with Crippen molar-refractivity contribution in [2.24, 2.45) is 12.5 Å². The summed E-state index contributed by atoms with van der Waals surface area (Å²) in [4.78, 5) is 20.3. The van der Waals surface area contributed by atoms with Crippen LogP contribution in [0.1, 0.15) is 39.2 Å². The first kappa shape index (κ1) is 23.1.